The van der Waals surface area contributed by atoms with E-state index in [2.05, 4.69) is 43.0 Å². The molecule has 0 aromatic heterocycles. The molecule has 0 amide bonds. The molecule has 1 atom stereocenters. The Morgan fingerprint density at radius 3 is 2.81 bits per heavy atom. The topological polar surface area (TPSA) is 3.24 Å². The third-order valence-corrected chi connectivity index (χ3v) is 3.76. The van der Waals surface area contributed by atoms with E-state index in [-0.39, 0.29) is 0 Å². The number of nitrogens with zero attached hydrogens (tertiary/aromatic N) is 1. The maximum atomic E-state index is 2.64. The first-order valence-electron chi connectivity index (χ1n) is 6.68. The fourth-order valence-corrected chi connectivity index (χ4v) is 2.82. The predicted octanol–water partition coefficient (Wildman–Crippen LogP) is 3.80. The van der Waals surface area contributed by atoms with Gasteiger partial charge in [-0.25, -0.2) is 0 Å². The van der Waals surface area contributed by atoms with Crippen molar-refractivity contribution in [3.63, 3.8) is 0 Å². The van der Waals surface area contributed by atoms with Gasteiger partial charge in [0.25, 0.3) is 0 Å². The molecular weight excluding hydrogens is 194 g/mol. The SMILES string of the molecule is CCCCC1c2ccccc2CCN1CC. The van der Waals surface area contributed by atoms with E-state index < -0.39 is 0 Å². The first kappa shape index (κ1) is 11.7. The summed E-state index contributed by atoms with van der Waals surface area (Å²) >= 11 is 0. The molecule has 1 unspecified atom stereocenters. The van der Waals surface area contributed by atoms with Crippen LogP contribution in [0.5, 0.6) is 0 Å². The Hall–Kier alpha value is -0.820. The molecule has 1 nitrogen and oxygen atoms in total. The molecule has 0 N–H and O–H groups in total. The van der Waals surface area contributed by atoms with Gasteiger partial charge in [-0.3, -0.25) is 4.90 Å². The Bertz CT molecular complexity index is 332. The zero-order valence-electron chi connectivity index (χ0n) is 10.6. The molecule has 1 heteroatoms. The lowest BCUT2D eigenvalue weighted by Gasteiger charge is -2.36. The van der Waals surface area contributed by atoms with Gasteiger partial charge >= 0.3 is 0 Å². The normalized spacial score (nSPS) is 20.8. The molecular formula is C15H23N. The van der Waals surface area contributed by atoms with Gasteiger partial charge in [0.05, 0.1) is 0 Å². The first-order valence-corrected chi connectivity index (χ1v) is 6.68. The molecule has 0 spiro atoms. The van der Waals surface area contributed by atoms with E-state index in [1.807, 2.05) is 0 Å². The molecule has 1 aliphatic rings. The molecule has 88 valence electrons. The summed E-state index contributed by atoms with van der Waals surface area (Å²) in [4.78, 5) is 2.64. The quantitative estimate of drug-likeness (QED) is 0.741. The summed E-state index contributed by atoms with van der Waals surface area (Å²) in [5.74, 6) is 0. The van der Waals surface area contributed by atoms with Crippen molar-refractivity contribution in [3.8, 4) is 0 Å². The van der Waals surface area contributed by atoms with Crippen molar-refractivity contribution in [1.29, 1.82) is 0 Å². The summed E-state index contributed by atoms with van der Waals surface area (Å²) in [5, 5.41) is 0. The summed E-state index contributed by atoms with van der Waals surface area (Å²) in [6.07, 6.45) is 5.19. The van der Waals surface area contributed by atoms with Crippen LogP contribution >= 0.6 is 0 Å². The molecule has 0 saturated carbocycles. The fraction of sp³-hybridized carbons (Fsp3) is 0.600. The van der Waals surface area contributed by atoms with Gasteiger partial charge in [0.15, 0.2) is 0 Å². The number of fused-ring (bicyclic) bond motifs is 1. The molecule has 0 fully saturated rings. The lowest BCUT2D eigenvalue weighted by molar-refractivity contribution is 0.182. The van der Waals surface area contributed by atoms with Gasteiger partial charge in [0, 0.05) is 12.6 Å². The molecule has 2 rings (SSSR count). The van der Waals surface area contributed by atoms with E-state index in [1.165, 1.54) is 38.8 Å². The van der Waals surface area contributed by atoms with E-state index in [4.69, 9.17) is 0 Å². The largest absolute Gasteiger partial charge is 0.296 e. The second kappa shape index (κ2) is 5.49. The van der Waals surface area contributed by atoms with Crippen molar-refractivity contribution in [3.05, 3.63) is 35.4 Å². The van der Waals surface area contributed by atoms with Crippen LogP contribution in [0.15, 0.2) is 24.3 Å². The Morgan fingerprint density at radius 1 is 1.25 bits per heavy atom. The minimum absolute atomic E-state index is 0.676. The molecule has 16 heavy (non-hydrogen) atoms. The minimum Gasteiger partial charge on any atom is -0.296 e. The average Bonchev–Trinajstić information content (AvgIpc) is 2.35. The van der Waals surface area contributed by atoms with Crippen molar-refractivity contribution in [2.45, 2.75) is 45.6 Å². The molecule has 0 aliphatic carbocycles. The van der Waals surface area contributed by atoms with Crippen LogP contribution in [-0.2, 0) is 6.42 Å². The fourth-order valence-electron chi connectivity index (χ4n) is 2.82. The number of benzene rings is 1. The summed E-state index contributed by atoms with van der Waals surface area (Å²) in [6, 6.07) is 9.68. The van der Waals surface area contributed by atoms with Gasteiger partial charge in [-0.2, -0.15) is 0 Å². The van der Waals surface area contributed by atoms with E-state index in [9.17, 15) is 0 Å². The Balaban J connectivity index is 2.22. The molecule has 1 aliphatic heterocycles. The van der Waals surface area contributed by atoms with Crippen LogP contribution in [0.25, 0.3) is 0 Å². The maximum Gasteiger partial charge on any atom is 0.0350 e. The van der Waals surface area contributed by atoms with Gasteiger partial charge in [0.2, 0.25) is 0 Å². The number of hydrogen-bond donors (Lipinski definition) is 0. The highest BCUT2D eigenvalue weighted by atomic mass is 15.2. The summed E-state index contributed by atoms with van der Waals surface area (Å²) in [5.41, 5.74) is 3.16. The Morgan fingerprint density at radius 2 is 2.06 bits per heavy atom. The second-order valence-corrected chi connectivity index (χ2v) is 4.74. The summed E-state index contributed by atoms with van der Waals surface area (Å²) < 4.78 is 0. The number of unbranched alkanes of at least 4 members (excludes halogenated alkanes) is 1. The third kappa shape index (κ3) is 2.30. The molecule has 1 heterocycles. The highest BCUT2D eigenvalue weighted by Crippen LogP contribution is 2.32. The summed E-state index contributed by atoms with van der Waals surface area (Å²) in [6.45, 7) is 6.99. The molecule has 0 saturated heterocycles. The van der Waals surface area contributed by atoms with Crippen molar-refractivity contribution in [2.24, 2.45) is 0 Å². The van der Waals surface area contributed by atoms with Gasteiger partial charge in [-0.05, 0) is 30.5 Å². The molecule has 1 aromatic rings. The molecule has 0 bridgehead atoms. The first-order chi connectivity index (χ1) is 7.86. The van der Waals surface area contributed by atoms with Gasteiger partial charge in [-0.1, -0.05) is 51.0 Å². The standard InChI is InChI=1S/C15H23N/c1-3-5-10-15-14-9-7-6-8-13(14)11-12-16(15)4-2/h6-9,15H,3-5,10-12H2,1-2H3. The van der Waals surface area contributed by atoms with Gasteiger partial charge in [-0.15, -0.1) is 0 Å². The second-order valence-electron chi connectivity index (χ2n) is 4.74. The van der Waals surface area contributed by atoms with Crippen LogP contribution < -0.4 is 0 Å². The Labute approximate surface area is 99.5 Å². The zero-order chi connectivity index (χ0) is 11.4. The van der Waals surface area contributed by atoms with Crippen LogP contribution in [0.1, 0.15) is 50.3 Å². The van der Waals surface area contributed by atoms with E-state index in [0.29, 0.717) is 6.04 Å². The predicted molar refractivity (Wildman–Crippen MR) is 69.7 cm³/mol. The lowest BCUT2D eigenvalue weighted by atomic mass is 9.90. The molecule has 0 radical (unpaired) electrons. The maximum absolute atomic E-state index is 2.64. The highest BCUT2D eigenvalue weighted by Gasteiger charge is 2.24. The van der Waals surface area contributed by atoms with Crippen LogP contribution in [0.3, 0.4) is 0 Å². The number of hydrogen-bond acceptors (Lipinski definition) is 1. The van der Waals surface area contributed by atoms with Crippen LogP contribution in [0, 0.1) is 0 Å². The van der Waals surface area contributed by atoms with E-state index in [1.54, 1.807) is 11.1 Å². The van der Waals surface area contributed by atoms with E-state index >= 15 is 0 Å². The smallest absolute Gasteiger partial charge is 0.0350 e. The lowest BCUT2D eigenvalue weighted by Crippen LogP contribution is -2.35. The van der Waals surface area contributed by atoms with Crippen LogP contribution in [-0.4, -0.2) is 18.0 Å². The van der Waals surface area contributed by atoms with Crippen molar-refractivity contribution >= 4 is 0 Å². The monoisotopic (exact) mass is 217 g/mol. The van der Waals surface area contributed by atoms with Crippen molar-refractivity contribution < 1.29 is 0 Å². The minimum atomic E-state index is 0.676. The number of rotatable bonds is 4. The number of likely N-dealkylation sites (N-methyl/N-ethyl adjacent to an activating group) is 1. The van der Waals surface area contributed by atoms with Gasteiger partial charge in [0.1, 0.15) is 0 Å². The van der Waals surface area contributed by atoms with Crippen molar-refractivity contribution in [1.82, 2.24) is 4.90 Å². The summed E-state index contributed by atoms with van der Waals surface area (Å²) in [7, 11) is 0. The highest BCUT2D eigenvalue weighted by molar-refractivity contribution is 5.32. The average molecular weight is 217 g/mol. The van der Waals surface area contributed by atoms with Crippen molar-refractivity contribution in [2.75, 3.05) is 13.1 Å². The van der Waals surface area contributed by atoms with Gasteiger partial charge < -0.3 is 0 Å². The van der Waals surface area contributed by atoms with Crippen LogP contribution in [0.2, 0.25) is 0 Å². The van der Waals surface area contributed by atoms with Crippen LogP contribution in [0.4, 0.5) is 0 Å². The molecule has 1 aromatic carbocycles. The zero-order valence-corrected chi connectivity index (χ0v) is 10.6. The Kier molecular flexibility index (Phi) is 4.00. The third-order valence-electron chi connectivity index (χ3n) is 3.76. The van der Waals surface area contributed by atoms with E-state index in [0.717, 1.165) is 0 Å².